The first kappa shape index (κ1) is 35.6. The first-order valence-electron chi connectivity index (χ1n) is 20.6. The van der Waals surface area contributed by atoms with Crippen LogP contribution in [0.15, 0.2) is 243 Å². The van der Waals surface area contributed by atoms with Crippen molar-refractivity contribution in [2.45, 2.75) is 0 Å². The lowest BCUT2D eigenvalue weighted by Gasteiger charge is -2.37. The van der Waals surface area contributed by atoms with Gasteiger partial charge in [0.25, 0.3) is 0 Å². The van der Waals surface area contributed by atoms with E-state index in [-0.39, 0.29) is 0 Å². The van der Waals surface area contributed by atoms with Gasteiger partial charge in [-0.2, -0.15) is 0 Å². The summed E-state index contributed by atoms with van der Waals surface area (Å²) in [6.07, 6.45) is 0. The molecule has 0 spiro atoms. The molecule has 3 heteroatoms. The Kier molecular flexibility index (Phi) is 8.87. The number of nitrogens with zero attached hydrogens (tertiary/aromatic N) is 2. The summed E-state index contributed by atoms with van der Waals surface area (Å²) in [5.74, 6) is 0.919. The van der Waals surface area contributed by atoms with Gasteiger partial charge in [0.15, 0.2) is 8.07 Å². The van der Waals surface area contributed by atoms with Crippen molar-refractivity contribution >= 4 is 61.4 Å². The maximum atomic E-state index is 5.34. The highest BCUT2D eigenvalue weighted by Crippen LogP contribution is 2.39. The Bertz CT molecular complexity index is 3130. The van der Waals surface area contributed by atoms with E-state index in [1.807, 2.05) is 0 Å². The largest absolute Gasteiger partial charge is 0.292 e. The number of imidazole rings is 1. The zero-order chi connectivity index (χ0) is 39.9. The number of rotatable bonds is 8. The van der Waals surface area contributed by atoms with E-state index in [0.717, 1.165) is 33.7 Å². The molecule has 0 N–H and O–H groups in total. The highest BCUT2D eigenvalue weighted by molar-refractivity contribution is 7.21. The molecule has 0 aliphatic heterocycles. The molecule has 282 valence electrons. The van der Waals surface area contributed by atoms with E-state index >= 15 is 0 Å². The Labute approximate surface area is 351 Å². The van der Waals surface area contributed by atoms with Crippen LogP contribution in [0.25, 0.3) is 71.9 Å². The molecule has 2 nitrogen and oxygen atoms in total. The maximum Gasteiger partial charge on any atom is 0.180 e. The molecule has 0 unspecified atom stereocenters. The number of benzene rings is 10. The van der Waals surface area contributed by atoms with E-state index in [1.54, 1.807) is 0 Å². The fourth-order valence-corrected chi connectivity index (χ4v) is 14.8. The molecule has 1 heterocycles. The molecule has 0 saturated carbocycles. The Hall–Kier alpha value is -7.59. The third-order valence-corrected chi connectivity index (χ3v) is 17.0. The summed E-state index contributed by atoms with van der Waals surface area (Å²) in [6, 6.07) is 88.9. The molecule has 0 aliphatic carbocycles. The van der Waals surface area contributed by atoms with Gasteiger partial charge in [-0.05, 0) is 88.8 Å². The average Bonchev–Trinajstić information content (AvgIpc) is 3.72. The van der Waals surface area contributed by atoms with Crippen LogP contribution in [-0.2, 0) is 0 Å². The molecule has 0 bridgehead atoms. The Morgan fingerprint density at radius 2 is 0.783 bits per heavy atom. The number of hydrogen-bond donors (Lipinski definition) is 0. The topological polar surface area (TPSA) is 17.8 Å². The number of aromatic nitrogens is 2. The summed E-state index contributed by atoms with van der Waals surface area (Å²) in [7, 11) is -2.92. The van der Waals surface area contributed by atoms with Crippen LogP contribution in [0.1, 0.15) is 0 Å². The predicted molar refractivity (Wildman–Crippen MR) is 256 cm³/mol. The predicted octanol–water partition coefficient (Wildman–Crippen LogP) is 11.7. The van der Waals surface area contributed by atoms with Crippen molar-refractivity contribution in [3.05, 3.63) is 243 Å². The van der Waals surface area contributed by atoms with Crippen molar-refractivity contribution in [1.82, 2.24) is 9.55 Å². The number of hydrogen-bond acceptors (Lipinski definition) is 1. The first-order valence-corrected chi connectivity index (χ1v) is 22.6. The standard InChI is InChI=1S/C57H40N2Si/c1-6-21-41(22-7-1)43-37-38-54-53(40-43)58-57(42-23-8-2-9-24-42)59(54)45-26-20-25-44(39-45)55-49-33-16-18-35-51(49)56(52-36-19-17-34-50(52)55)60(46-27-10-3-11-28-46,47-29-12-4-13-30-47)48-31-14-5-15-32-48/h1-40H. The van der Waals surface area contributed by atoms with Gasteiger partial charge < -0.3 is 0 Å². The fraction of sp³-hybridized carbons (Fsp3) is 0. The van der Waals surface area contributed by atoms with E-state index in [0.29, 0.717) is 0 Å². The molecule has 0 radical (unpaired) electrons. The van der Waals surface area contributed by atoms with Gasteiger partial charge >= 0.3 is 0 Å². The smallest absolute Gasteiger partial charge is 0.180 e. The lowest BCUT2D eigenvalue weighted by molar-refractivity contribution is 1.10. The minimum atomic E-state index is -2.92. The fourth-order valence-electron chi connectivity index (χ4n) is 9.57. The molecule has 0 atom stereocenters. The van der Waals surface area contributed by atoms with Crippen LogP contribution in [0.2, 0.25) is 0 Å². The molecule has 10 aromatic carbocycles. The SMILES string of the molecule is c1ccc(-c2ccc3c(c2)nc(-c2ccccc2)n3-c2cccc(-c3c4ccccc4c([Si](c4ccccc4)(c4ccccc4)c4ccccc4)c4ccccc34)c2)cc1. The van der Waals surface area contributed by atoms with Crippen LogP contribution in [-0.4, -0.2) is 17.6 Å². The van der Waals surface area contributed by atoms with Crippen molar-refractivity contribution in [3.8, 4) is 39.3 Å². The van der Waals surface area contributed by atoms with E-state index in [9.17, 15) is 0 Å². The summed E-state index contributed by atoms with van der Waals surface area (Å²) in [5.41, 5.74) is 8.91. The summed E-state index contributed by atoms with van der Waals surface area (Å²) in [6.45, 7) is 0. The van der Waals surface area contributed by atoms with Crippen LogP contribution in [0.3, 0.4) is 0 Å². The maximum absolute atomic E-state index is 5.34. The summed E-state index contributed by atoms with van der Waals surface area (Å²) < 4.78 is 2.33. The minimum absolute atomic E-state index is 0.919. The van der Waals surface area contributed by atoms with Crippen LogP contribution < -0.4 is 20.7 Å². The molecule has 11 aromatic rings. The second-order valence-corrected chi connectivity index (χ2v) is 19.2. The molecule has 0 amide bonds. The van der Waals surface area contributed by atoms with Gasteiger partial charge in [-0.1, -0.05) is 218 Å². The minimum Gasteiger partial charge on any atom is -0.292 e. The van der Waals surface area contributed by atoms with Gasteiger partial charge in [0, 0.05) is 11.3 Å². The number of fused-ring (bicyclic) bond motifs is 3. The quantitative estimate of drug-likeness (QED) is 0.0853. The summed E-state index contributed by atoms with van der Waals surface area (Å²) in [5, 5.41) is 10.6. The Balaban J connectivity index is 1.20. The second-order valence-electron chi connectivity index (χ2n) is 15.4. The molecule has 60 heavy (non-hydrogen) atoms. The average molecular weight is 781 g/mol. The van der Waals surface area contributed by atoms with Crippen LogP contribution in [0.5, 0.6) is 0 Å². The molecule has 0 fully saturated rings. The highest BCUT2D eigenvalue weighted by atomic mass is 28.3. The normalized spacial score (nSPS) is 11.7. The van der Waals surface area contributed by atoms with Gasteiger partial charge in [0.05, 0.1) is 11.0 Å². The van der Waals surface area contributed by atoms with Crippen molar-refractivity contribution in [1.29, 1.82) is 0 Å². The third-order valence-electron chi connectivity index (χ3n) is 12.1. The highest BCUT2D eigenvalue weighted by Gasteiger charge is 2.44. The van der Waals surface area contributed by atoms with Crippen molar-refractivity contribution in [2.75, 3.05) is 0 Å². The molecular formula is C57H40N2Si. The van der Waals surface area contributed by atoms with Gasteiger partial charge in [0.1, 0.15) is 5.82 Å². The van der Waals surface area contributed by atoms with Gasteiger partial charge in [-0.3, -0.25) is 4.57 Å². The van der Waals surface area contributed by atoms with Crippen molar-refractivity contribution < 1.29 is 0 Å². The van der Waals surface area contributed by atoms with E-state index in [4.69, 9.17) is 4.98 Å². The first-order chi connectivity index (χ1) is 29.8. The molecule has 11 rings (SSSR count). The molecule has 1 aromatic heterocycles. The zero-order valence-corrected chi connectivity index (χ0v) is 34.0. The van der Waals surface area contributed by atoms with Crippen LogP contribution in [0.4, 0.5) is 0 Å². The second kappa shape index (κ2) is 15.0. The van der Waals surface area contributed by atoms with E-state index in [1.165, 1.54) is 59.0 Å². The Morgan fingerprint density at radius 3 is 1.32 bits per heavy atom. The molecule has 0 saturated heterocycles. The van der Waals surface area contributed by atoms with Gasteiger partial charge in [-0.15, -0.1) is 0 Å². The van der Waals surface area contributed by atoms with E-state index in [2.05, 4.69) is 247 Å². The van der Waals surface area contributed by atoms with Crippen molar-refractivity contribution in [3.63, 3.8) is 0 Å². The lowest BCUT2D eigenvalue weighted by atomic mass is 9.91. The summed E-state index contributed by atoms with van der Waals surface area (Å²) >= 11 is 0. The monoisotopic (exact) mass is 780 g/mol. The Morgan fingerprint density at radius 1 is 0.333 bits per heavy atom. The molecular weight excluding hydrogens is 741 g/mol. The van der Waals surface area contributed by atoms with Crippen molar-refractivity contribution in [2.24, 2.45) is 0 Å². The summed E-state index contributed by atoms with van der Waals surface area (Å²) in [4.78, 5) is 5.34. The molecule has 0 aliphatic rings. The lowest BCUT2D eigenvalue weighted by Crippen LogP contribution is -2.75. The zero-order valence-electron chi connectivity index (χ0n) is 33.0. The third kappa shape index (κ3) is 5.82. The van der Waals surface area contributed by atoms with Gasteiger partial charge in [0.2, 0.25) is 0 Å². The van der Waals surface area contributed by atoms with E-state index < -0.39 is 8.07 Å². The van der Waals surface area contributed by atoms with Gasteiger partial charge in [-0.25, -0.2) is 4.98 Å². The van der Waals surface area contributed by atoms with Crippen LogP contribution >= 0.6 is 0 Å². The van der Waals surface area contributed by atoms with Crippen LogP contribution in [0, 0.1) is 0 Å².